The Hall–Kier alpha value is -2.64. The van der Waals surface area contributed by atoms with Gasteiger partial charge in [-0.05, 0) is 32.1 Å². The second kappa shape index (κ2) is 15.3. The molecule has 3 aromatic carbocycles. The lowest BCUT2D eigenvalue weighted by Crippen LogP contribution is -2.46. The van der Waals surface area contributed by atoms with Gasteiger partial charge in [0.25, 0.3) is 0 Å². The quantitative estimate of drug-likeness (QED) is 0.115. The van der Waals surface area contributed by atoms with Crippen LogP contribution in [0.4, 0.5) is 0 Å². The van der Waals surface area contributed by atoms with Crippen LogP contribution in [-0.2, 0) is 19.6 Å². The molecule has 0 fully saturated rings. The SMILES string of the molecule is CCC/C=C/CCCCCCC[N+](Cc1ccccc1)(Cc1ccccc1)Cc1ccccc1. The standard InChI is InChI=1S/C33H44N/c1-2-3-4-5-6-7-8-9-10-20-27-34(28-31-21-14-11-15-22-31,29-32-23-16-12-17-24-32)30-33-25-18-13-19-26-33/h4-5,11-19,21-26H,2-3,6-10,20,27-30H2,1H3/q+1/b5-4+. The molecular formula is C33H44N+. The summed E-state index contributed by atoms with van der Waals surface area (Å²) in [4.78, 5) is 0. The van der Waals surface area contributed by atoms with Gasteiger partial charge < -0.3 is 4.48 Å². The monoisotopic (exact) mass is 454 g/mol. The molecule has 0 aliphatic heterocycles. The van der Waals surface area contributed by atoms with Gasteiger partial charge in [-0.3, -0.25) is 0 Å². The Labute approximate surface area is 208 Å². The fourth-order valence-corrected chi connectivity index (χ4v) is 4.96. The van der Waals surface area contributed by atoms with Gasteiger partial charge in [-0.15, -0.1) is 0 Å². The Balaban J connectivity index is 1.67. The van der Waals surface area contributed by atoms with Crippen molar-refractivity contribution in [3.63, 3.8) is 0 Å². The summed E-state index contributed by atoms with van der Waals surface area (Å²) in [7, 11) is 0. The van der Waals surface area contributed by atoms with Crippen LogP contribution in [0, 0.1) is 0 Å². The fraction of sp³-hybridized carbons (Fsp3) is 0.394. The minimum Gasteiger partial charge on any atom is -0.312 e. The van der Waals surface area contributed by atoms with Gasteiger partial charge >= 0.3 is 0 Å². The van der Waals surface area contributed by atoms with E-state index in [4.69, 9.17) is 0 Å². The second-order valence-electron chi connectivity index (χ2n) is 9.81. The van der Waals surface area contributed by atoms with Crippen LogP contribution in [0.15, 0.2) is 103 Å². The zero-order valence-corrected chi connectivity index (χ0v) is 21.2. The van der Waals surface area contributed by atoms with E-state index in [2.05, 4.69) is 110 Å². The molecule has 3 aromatic rings. The van der Waals surface area contributed by atoms with Crippen molar-refractivity contribution in [2.24, 2.45) is 0 Å². The van der Waals surface area contributed by atoms with Gasteiger partial charge in [-0.25, -0.2) is 0 Å². The molecule has 0 spiro atoms. The van der Waals surface area contributed by atoms with E-state index in [0.29, 0.717) is 0 Å². The third-order valence-electron chi connectivity index (χ3n) is 6.71. The number of rotatable bonds is 16. The molecule has 0 bridgehead atoms. The smallest absolute Gasteiger partial charge is 0.105 e. The maximum atomic E-state index is 2.38. The summed E-state index contributed by atoms with van der Waals surface area (Å²) < 4.78 is 1.08. The van der Waals surface area contributed by atoms with Crippen LogP contribution in [0.3, 0.4) is 0 Å². The average Bonchev–Trinajstić information content (AvgIpc) is 2.87. The van der Waals surface area contributed by atoms with Gasteiger partial charge in [-0.1, -0.05) is 129 Å². The molecule has 180 valence electrons. The van der Waals surface area contributed by atoms with E-state index in [1.54, 1.807) is 0 Å². The van der Waals surface area contributed by atoms with E-state index in [1.807, 2.05) is 0 Å². The maximum absolute atomic E-state index is 2.38. The first-order valence-electron chi connectivity index (χ1n) is 13.4. The summed E-state index contributed by atoms with van der Waals surface area (Å²) in [5.41, 5.74) is 4.31. The molecule has 0 aliphatic rings. The van der Waals surface area contributed by atoms with Crippen LogP contribution >= 0.6 is 0 Å². The molecule has 0 atom stereocenters. The summed E-state index contributed by atoms with van der Waals surface area (Å²) >= 11 is 0. The third-order valence-corrected chi connectivity index (χ3v) is 6.71. The van der Waals surface area contributed by atoms with Crippen molar-refractivity contribution < 1.29 is 4.48 Å². The zero-order chi connectivity index (χ0) is 23.7. The van der Waals surface area contributed by atoms with Crippen LogP contribution < -0.4 is 0 Å². The maximum Gasteiger partial charge on any atom is 0.105 e. The molecule has 1 nitrogen and oxygen atoms in total. The van der Waals surface area contributed by atoms with Crippen molar-refractivity contribution in [3.05, 3.63) is 120 Å². The first-order chi connectivity index (χ1) is 16.8. The van der Waals surface area contributed by atoms with E-state index in [9.17, 15) is 0 Å². The van der Waals surface area contributed by atoms with Gasteiger partial charge in [0.15, 0.2) is 0 Å². The van der Waals surface area contributed by atoms with E-state index in [-0.39, 0.29) is 0 Å². The van der Waals surface area contributed by atoms with Gasteiger partial charge in [0.2, 0.25) is 0 Å². The molecule has 0 aliphatic carbocycles. The van der Waals surface area contributed by atoms with E-state index < -0.39 is 0 Å². The van der Waals surface area contributed by atoms with Gasteiger partial charge in [0, 0.05) is 16.7 Å². The number of quaternary nitrogens is 1. The van der Waals surface area contributed by atoms with E-state index >= 15 is 0 Å². The van der Waals surface area contributed by atoms with Gasteiger partial charge in [0.1, 0.15) is 19.6 Å². The molecule has 1 heteroatoms. The van der Waals surface area contributed by atoms with Crippen LogP contribution in [0.1, 0.15) is 75.0 Å². The molecule has 0 radical (unpaired) electrons. The number of unbranched alkanes of at least 4 members (excludes halogenated alkanes) is 6. The summed E-state index contributed by atoms with van der Waals surface area (Å²) in [6.45, 7) is 6.69. The van der Waals surface area contributed by atoms with Gasteiger partial charge in [0.05, 0.1) is 6.54 Å². The minimum atomic E-state index is 1.08. The lowest BCUT2D eigenvalue weighted by atomic mass is 10.0. The molecule has 0 unspecified atom stereocenters. The Bertz CT molecular complexity index is 813. The Morgan fingerprint density at radius 2 is 0.912 bits per heavy atom. The lowest BCUT2D eigenvalue weighted by Gasteiger charge is -2.39. The van der Waals surface area contributed by atoms with Crippen molar-refractivity contribution in [2.75, 3.05) is 6.54 Å². The first-order valence-corrected chi connectivity index (χ1v) is 13.4. The molecule has 0 amide bonds. The molecule has 34 heavy (non-hydrogen) atoms. The van der Waals surface area contributed by atoms with Crippen molar-refractivity contribution in [2.45, 2.75) is 77.9 Å². The summed E-state index contributed by atoms with van der Waals surface area (Å²) in [5.74, 6) is 0. The molecule has 0 aromatic heterocycles. The van der Waals surface area contributed by atoms with Crippen molar-refractivity contribution in [3.8, 4) is 0 Å². The minimum absolute atomic E-state index is 1.08. The van der Waals surface area contributed by atoms with Crippen molar-refractivity contribution in [1.29, 1.82) is 0 Å². The molecule has 0 heterocycles. The normalized spacial score (nSPS) is 11.8. The highest BCUT2D eigenvalue weighted by atomic mass is 15.3. The predicted octanol–water partition coefficient (Wildman–Crippen LogP) is 9.10. The summed E-state index contributed by atoms with van der Waals surface area (Å²) in [6, 6.07) is 33.3. The second-order valence-corrected chi connectivity index (χ2v) is 9.81. The largest absolute Gasteiger partial charge is 0.312 e. The number of benzene rings is 3. The molecule has 0 saturated heterocycles. The highest BCUT2D eigenvalue weighted by molar-refractivity contribution is 5.17. The third kappa shape index (κ3) is 9.69. The van der Waals surface area contributed by atoms with E-state index in [1.165, 1.54) is 74.6 Å². The highest BCUT2D eigenvalue weighted by Crippen LogP contribution is 2.25. The number of hydrogen-bond acceptors (Lipinski definition) is 0. The van der Waals surface area contributed by atoms with Crippen LogP contribution in [0.2, 0.25) is 0 Å². The highest BCUT2D eigenvalue weighted by Gasteiger charge is 2.28. The van der Waals surface area contributed by atoms with Crippen LogP contribution in [-0.4, -0.2) is 11.0 Å². The molecule has 3 rings (SSSR count). The Morgan fingerprint density at radius 1 is 0.500 bits per heavy atom. The Morgan fingerprint density at radius 3 is 1.38 bits per heavy atom. The number of allylic oxidation sites excluding steroid dienone is 2. The summed E-state index contributed by atoms with van der Waals surface area (Å²) in [5, 5.41) is 0. The topological polar surface area (TPSA) is 0 Å². The Kier molecular flexibility index (Phi) is 11.7. The van der Waals surface area contributed by atoms with Crippen LogP contribution in [0.5, 0.6) is 0 Å². The zero-order valence-electron chi connectivity index (χ0n) is 21.2. The van der Waals surface area contributed by atoms with E-state index in [0.717, 1.165) is 24.1 Å². The number of nitrogens with zero attached hydrogens (tertiary/aromatic N) is 1. The lowest BCUT2D eigenvalue weighted by molar-refractivity contribution is -0.966. The fourth-order valence-electron chi connectivity index (χ4n) is 4.96. The van der Waals surface area contributed by atoms with Crippen molar-refractivity contribution in [1.82, 2.24) is 0 Å². The molecular weight excluding hydrogens is 410 g/mol. The van der Waals surface area contributed by atoms with Gasteiger partial charge in [-0.2, -0.15) is 0 Å². The average molecular weight is 455 g/mol. The molecule has 0 saturated carbocycles. The summed E-state index contributed by atoms with van der Waals surface area (Å²) in [6.07, 6.45) is 15.1. The predicted molar refractivity (Wildman–Crippen MR) is 147 cm³/mol. The molecule has 0 N–H and O–H groups in total. The first kappa shape index (κ1) is 26.0. The number of hydrogen-bond donors (Lipinski definition) is 0. The van der Waals surface area contributed by atoms with Crippen molar-refractivity contribution >= 4 is 0 Å². The van der Waals surface area contributed by atoms with Crippen LogP contribution in [0.25, 0.3) is 0 Å².